The normalized spacial score (nSPS) is 17.4. The topological polar surface area (TPSA) is 29.5 Å². The maximum atomic E-state index is 12.0. The van der Waals surface area contributed by atoms with Gasteiger partial charge in [-0.05, 0) is 18.1 Å². The van der Waals surface area contributed by atoms with E-state index in [4.69, 9.17) is 4.74 Å². The van der Waals surface area contributed by atoms with Crippen LogP contribution < -0.4 is 4.90 Å². The van der Waals surface area contributed by atoms with Crippen molar-refractivity contribution in [2.45, 2.75) is 32.2 Å². The molecule has 0 saturated heterocycles. The van der Waals surface area contributed by atoms with Crippen LogP contribution in [0, 0.1) is 0 Å². The molecule has 1 aromatic carbocycles. The van der Waals surface area contributed by atoms with Gasteiger partial charge in [0.1, 0.15) is 0 Å². The van der Waals surface area contributed by atoms with Crippen molar-refractivity contribution >= 4 is 17.9 Å². The largest absolute Gasteiger partial charge is 0.452 e. The second-order valence-corrected chi connectivity index (χ2v) is 4.47. The average molecular weight is 245 g/mol. The summed E-state index contributed by atoms with van der Waals surface area (Å²) in [6.45, 7) is 2.16. The lowest BCUT2D eigenvalue weighted by Gasteiger charge is -2.32. The summed E-state index contributed by atoms with van der Waals surface area (Å²) in [6.07, 6.45) is 7.10. The number of anilines is 1. The third-order valence-corrected chi connectivity index (χ3v) is 3.25. The van der Waals surface area contributed by atoms with Gasteiger partial charge < -0.3 is 4.74 Å². The molecule has 0 unspecified atom stereocenters. The van der Waals surface area contributed by atoms with E-state index in [1.54, 1.807) is 4.90 Å². The molecule has 1 aliphatic heterocycles. The first-order valence-corrected chi connectivity index (χ1v) is 6.42. The molecule has 2 rings (SSSR count). The second kappa shape index (κ2) is 5.71. The highest BCUT2D eigenvalue weighted by Crippen LogP contribution is 2.31. The van der Waals surface area contributed by atoms with Crippen LogP contribution in [-0.2, 0) is 4.74 Å². The van der Waals surface area contributed by atoms with Gasteiger partial charge in [-0.2, -0.15) is 0 Å². The zero-order valence-corrected chi connectivity index (χ0v) is 10.9. The van der Waals surface area contributed by atoms with Gasteiger partial charge in [0.15, 0.2) is 0 Å². The van der Waals surface area contributed by atoms with Crippen LogP contribution in [0.2, 0.25) is 0 Å². The quantitative estimate of drug-likeness (QED) is 0.809. The molecule has 0 aromatic heterocycles. The Morgan fingerprint density at radius 3 is 2.89 bits per heavy atom. The molecule has 3 heteroatoms. The van der Waals surface area contributed by atoms with Crippen LogP contribution in [0.4, 0.5) is 10.5 Å². The SMILES string of the molecule is CCCC[C@H]1C=Cc2ccccc2N1C(=O)OC. The third kappa shape index (κ3) is 2.40. The van der Waals surface area contributed by atoms with Gasteiger partial charge in [0.25, 0.3) is 0 Å². The summed E-state index contributed by atoms with van der Waals surface area (Å²) in [5.41, 5.74) is 2.00. The first-order chi connectivity index (χ1) is 8.77. The van der Waals surface area contributed by atoms with Crippen LogP contribution in [0.3, 0.4) is 0 Å². The van der Waals surface area contributed by atoms with Crippen molar-refractivity contribution in [3.05, 3.63) is 35.9 Å². The van der Waals surface area contributed by atoms with Crippen molar-refractivity contribution in [2.24, 2.45) is 0 Å². The number of ether oxygens (including phenoxy) is 1. The Morgan fingerprint density at radius 1 is 1.39 bits per heavy atom. The second-order valence-electron chi connectivity index (χ2n) is 4.47. The van der Waals surface area contributed by atoms with Crippen LogP contribution in [0.25, 0.3) is 6.08 Å². The van der Waals surface area contributed by atoms with E-state index in [1.165, 1.54) is 7.11 Å². The van der Waals surface area contributed by atoms with E-state index < -0.39 is 0 Å². The van der Waals surface area contributed by atoms with Crippen LogP contribution >= 0.6 is 0 Å². The summed E-state index contributed by atoms with van der Waals surface area (Å²) in [7, 11) is 1.43. The van der Waals surface area contributed by atoms with Gasteiger partial charge in [-0.1, -0.05) is 50.1 Å². The van der Waals surface area contributed by atoms with Gasteiger partial charge in [0, 0.05) is 0 Å². The smallest absolute Gasteiger partial charge is 0.414 e. The number of unbranched alkanes of at least 4 members (excludes halogenated alkanes) is 1. The molecule has 0 fully saturated rings. The molecule has 0 spiro atoms. The lowest BCUT2D eigenvalue weighted by molar-refractivity contribution is 0.176. The summed E-state index contributed by atoms with van der Waals surface area (Å²) in [4.78, 5) is 13.7. The minimum absolute atomic E-state index is 0.104. The Kier molecular flexibility index (Phi) is 4.03. The van der Waals surface area contributed by atoms with Crippen molar-refractivity contribution in [2.75, 3.05) is 12.0 Å². The Balaban J connectivity index is 2.32. The minimum atomic E-state index is -0.284. The van der Waals surface area contributed by atoms with Gasteiger partial charge in [0.2, 0.25) is 0 Å². The molecule has 0 radical (unpaired) electrons. The van der Waals surface area contributed by atoms with Gasteiger partial charge in [-0.15, -0.1) is 0 Å². The molecule has 96 valence electrons. The summed E-state index contributed by atoms with van der Waals surface area (Å²) in [5.74, 6) is 0. The molecule has 1 amide bonds. The van der Waals surface area contributed by atoms with E-state index in [-0.39, 0.29) is 12.1 Å². The fourth-order valence-electron chi connectivity index (χ4n) is 2.30. The number of methoxy groups -OCH3 is 1. The van der Waals surface area contributed by atoms with Gasteiger partial charge in [-0.25, -0.2) is 4.79 Å². The number of fused-ring (bicyclic) bond motifs is 1. The number of hydrogen-bond donors (Lipinski definition) is 0. The van der Waals surface area contributed by atoms with Crippen molar-refractivity contribution in [1.29, 1.82) is 0 Å². The van der Waals surface area contributed by atoms with Crippen molar-refractivity contribution < 1.29 is 9.53 Å². The highest BCUT2D eigenvalue weighted by atomic mass is 16.5. The number of carbonyl (C=O) groups excluding carboxylic acids is 1. The molecule has 0 bridgehead atoms. The van der Waals surface area contributed by atoms with Crippen LogP contribution in [0.15, 0.2) is 30.3 Å². The van der Waals surface area contributed by atoms with E-state index in [0.29, 0.717) is 0 Å². The highest BCUT2D eigenvalue weighted by Gasteiger charge is 2.27. The Morgan fingerprint density at radius 2 is 2.17 bits per heavy atom. The van der Waals surface area contributed by atoms with Gasteiger partial charge in [0.05, 0.1) is 18.8 Å². The summed E-state index contributed by atoms with van der Waals surface area (Å²) in [6, 6.07) is 8.01. The molecule has 1 aromatic rings. The molecular formula is C15H19NO2. The lowest BCUT2D eigenvalue weighted by Crippen LogP contribution is -2.41. The molecule has 0 saturated carbocycles. The predicted octanol–water partition coefficient (Wildman–Crippen LogP) is 3.85. The van der Waals surface area contributed by atoms with Crippen molar-refractivity contribution in [3.63, 3.8) is 0 Å². The van der Waals surface area contributed by atoms with E-state index >= 15 is 0 Å². The molecule has 3 nitrogen and oxygen atoms in total. The maximum Gasteiger partial charge on any atom is 0.414 e. The molecular weight excluding hydrogens is 226 g/mol. The number of carbonyl (C=O) groups is 1. The number of para-hydroxylation sites is 1. The highest BCUT2D eigenvalue weighted by molar-refractivity contribution is 5.93. The molecule has 0 N–H and O–H groups in total. The van der Waals surface area contributed by atoms with Gasteiger partial charge >= 0.3 is 6.09 Å². The van der Waals surface area contributed by atoms with Crippen LogP contribution in [0.1, 0.15) is 31.7 Å². The minimum Gasteiger partial charge on any atom is -0.452 e. The number of hydrogen-bond acceptors (Lipinski definition) is 2. The Hall–Kier alpha value is -1.77. The molecule has 1 aliphatic rings. The number of rotatable bonds is 3. The maximum absolute atomic E-state index is 12.0. The first kappa shape index (κ1) is 12.7. The van der Waals surface area contributed by atoms with E-state index in [1.807, 2.05) is 24.3 Å². The van der Waals surface area contributed by atoms with Crippen molar-refractivity contribution in [1.82, 2.24) is 0 Å². The van der Waals surface area contributed by atoms with Crippen LogP contribution in [0.5, 0.6) is 0 Å². The Bertz CT molecular complexity index is 454. The molecule has 1 heterocycles. The zero-order chi connectivity index (χ0) is 13.0. The molecule has 0 aliphatic carbocycles. The first-order valence-electron chi connectivity index (χ1n) is 6.42. The molecule has 18 heavy (non-hydrogen) atoms. The zero-order valence-electron chi connectivity index (χ0n) is 10.9. The summed E-state index contributed by atoms with van der Waals surface area (Å²) in [5, 5.41) is 0. The average Bonchev–Trinajstić information content (AvgIpc) is 2.43. The van der Waals surface area contributed by atoms with Crippen molar-refractivity contribution in [3.8, 4) is 0 Å². The van der Waals surface area contributed by atoms with E-state index in [0.717, 1.165) is 30.5 Å². The number of nitrogens with zero attached hydrogens (tertiary/aromatic N) is 1. The summed E-state index contributed by atoms with van der Waals surface area (Å²) < 4.78 is 4.91. The monoisotopic (exact) mass is 245 g/mol. The van der Waals surface area contributed by atoms with Gasteiger partial charge in [-0.3, -0.25) is 4.90 Å². The van der Waals surface area contributed by atoms with E-state index in [2.05, 4.69) is 19.1 Å². The standard InChI is InChI=1S/C15H19NO2/c1-3-4-8-13-11-10-12-7-5-6-9-14(12)16(13)15(17)18-2/h5-7,9-11,13H,3-4,8H2,1-2H3/t13-/m0/s1. The Labute approximate surface area is 108 Å². The third-order valence-electron chi connectivity index (χ3n) is 3.25. The molecule has 1 atom stereocenters. The summed E-state index contributed by atoms with van der Waals surface area (Å²) >= 11 is 0. The predicted molar refractivity (Wildman–Crippen MR) is 73.7 cm³/mol. The van der Waals surface area contributed by atoms with E-state index in [9.17, 15) is 4.79 Å². The lowest BCUT2D eigenvalue weighted by atomic mass is 10.00. The number of amides is 1. The fraction of sp³-hybridized carbons (Fsp3) is 0.400. The fourth-order valence-corrected chi connectivity index (χ4v) is 2.30. The number of benzene rings is 1. The van der Waals surface area contributed by atoms with Crippen LogP contribution in [-0.4, -0.2) is 19.2 Å².